The molecule has 0 heteroatoms. The fraction of sp³-hybridized carbons (Fsp3) is 0.833. The highest BCUT2D eigenvalue weighted by Gasteiger charge is 2.49. The molecule has 0 spiro atoms. The Labute approximate surface area is 149 Å². The van der Waals surface area contributed by atoms with E-state index >= 15 is 0 Å². The summed E-state index contributed by atoms with van der Waals surface area (Å²) >= 11 is 0. The lowest BCUT2D eigenvalue weighted by Crippen LogP contribution is -2.38. The van der Waals surface area contributed by atoms with Gasteiger partial charge in [0, 0.05) is 0 Å². The molecule has 0 bridgehead atoms. The molecule has 0 heterocycles. The normalized spacial score (nSPS) is 43.1. The van der Waals surface area contributed by atoms with Crippen molar-refractivity contribution in [2.24, 2.45) is 35.5 Å². The summed E-state index contributed by atoms with van der Waals surface area (Å²) in [6, 6.07) is 0. The van der Waals surface area contributed by atoms with Gasteiger partial charge in [-0.25, -0.2) is 0 Å². The molecule has 0 aromatic carbocycles. The molecule has 4 atom stereocenters. The standard InChI is InChI=1S/C24H36/c1-2-9-17(10-3-1)24-22-13-6-4-11-20(22)18-15-8-16-19(18)21-12-5-7-14-23(21)24/h15-17,20-24H,1-14H2. The lowest BCUT2D eigenvalue weighted by Gasteiger charge is -2.46. The van der Waals surface area contributed by atoms with E-state index in [1.165, 1.54) is 64.2 Å². The van der Waals surface area contributed by atoms with Crippen LogP contribution in [0.25, 0.3) is 0 Å². The van der Waals surface area contributed by atoms with Gasteiger partial charge in [-0.15, -0.1) is 0 Å². The van der Waals surface area contributed by atoms with E-state index in [9.17, 15) is 0 Å². The lowest BCUT2D eigenvalue weighted by atomic mass is 9.59. The maximum atomic E-state index is 2.66. The van der Waals surface area contributed by atoms with Gasteiger partial charge in [-0.1, -0.05) is 69.9 Å². The molecule has 4 saturated carbocycles. The Balaban J connectivity index is 1.56. The average molecular weight is 325 g/mol. The first-order chi connectivity index (χ1) is 11.9. The maximum absolute atomic E-state index is 2.66. The summed E-state index contributed by atoms with van der Waals surface area (Å²) in [5.74, 6) is 6.14. The van der Waals surface area contributed by atoms with Gasteiger partial charge in [0.1, 0.15) is 0 Å². The van der Waals surface area contributed by atoms with Crippen LogP contribution < -0.4 is 0 Å². The summed E-state index contributed by atoms with van der Waals surface area (Å²) in [6.07, 6.45) is 26.5. The number of hydrogen-bond acceptors (Lipinski definition) is 0. The minimum absolute atomic E-state index is 0.949. The molecule has 5 aliphatic rings. The van der Waals surface area contributed by atoms with Gasteiger partial charge in [0.15, 0.2) is 0 Å². The van der Waals surface area contributed by atoms with E-state index in [0.29, 0.717) is 0 Å². The monoisotopic (exact) mass is 324 g/mol. The van der Waals surface area contributed by atoms with Crippen molar-refractivity contribution in [3.63, 3.8) is 0 Å². The lowest BCUT2D eigenvalue weighted by molar-refractivity contribution is 0.0380. The van der Waals surface area contributed by atoms with Crippen LogP contribution in [0, 0.1) is 35.5 Å². The Hall–Kier alpha value is -0.520. The molecule has 5 aliphatic carbocycles. The number of fused-ring (bicyclic) bond motifs is 5. The predicted molar refractivity (Wildman–Crippen MR) is 102 cm³/mol. The topological polar surface area (TPSA) is 0 Å². The van der Waals surface area contributed by atoms with Gasteiger partial charge < -0.3 is 0 Å². The van der Waals surface area contributed by atoms with Crippen LogP contribution in [0.4, 0.5) is 0 Å². The molecule has 0 aromatic rings. The summed E-state index contributed by atoms with van der Waals surface area (Å²) in [5.41, 5.74) is 3.74. The average Bonchev–Trinajstić information content (AvgIpc) is 3.09. The summed E-state index contributed by atoms with van der Waals surface area (Å²) in [6.45, 7) is 0. The second kappa shape index (κ2) is 6.65. The van der Waals surface area contributed by atoms with E-state index in [0.717, 1.165) is 35.5 Å². The van der Waals surface area contributed by atoms with Crippen molar-refractivity contribution >= 4 is 0 Å². The van der Waals surface area contributed by atoms with Crippen LogP contribution in [0.1, 0.15) is 89.9 Å². The summed E-state index contributed by atoms with van der Waals surface area (Å²) < 4.78 is 0. The van der Waals surface area contributed by atoms with Crippen LogP contribution >= 0.6 is 0 Å². The fourth-order valence-corrected chi connectivity index (χ4v) is 7.83. The van der Waals surface area contributed by atoms with E-state index in [1.807, 2.05) is 11.1 Å². The summed E-state index contributed by atoms with van der Waals surface area (Å²) in [5, 5.41) is 0. The molecule has 5 rings (SSSR count). The van der Waals surface area contributed by atoms with Crippen LogP contribution in [0.3, 0.4) is 0 Å². The van der Waals surface area contributed by atoms with Crippen molar-refractivity contribution in [2.75, 3.05) is 0 Å². The molecule has 4 unspecified atom stereocenters. The first-order valence-corrected chi connectivity index (χ1v) is 11.3. The Morgan fingerprint density at radius 3 is 1.62 bits per heavy atom. The SMILES string of the molecule is C1=C2C(=CC1)C1CCCCC1C(C1CCCCC1)C1CCCCC21. The molecule has 0 aromatic heterocycles. The molecular weight excluding hydrogens is 288 g/mol. The van der Waals surface area contributed by atoms with E-state index in [2.05, 4.69) is 12.2 Å². The van der Waals surface area contributed by atoms with E-state index in [1.54, 1.807) is 25.7 Å². The second-order valence-corrected chi connectivity index (χ2v) is 9.64. The highest BCUT2D eigenvalue weighted by molar-refractivity contribution is 5.43. The molecule has 0 aliphatic heterocycles. The molecule has 0 amide bonds. The summed E-state index contributed by atoms with van der Waals surface area (Å²) in [4.78, 5) is 0. The van der Waals surface area contributed by atoms with Gasteiger partial charge in [-0.2, -0.15) is 0 Å². The third-order valence-corrected chi connectivity index (χ3v) is 8.63. The van der Waals surface area contributed by atoms with Crippen molar-refractivity contribution in [3.8, 4) is 0 Å². The zero-order valence-electron chi connectivity index (χ0n) is 15.5. The molecule has 4 fully saturated rings. The van der Waals surface area contributed by atoms with Gasteiger partial charge in [0.05, 0.1) is 0 Å². The van der Waals surface area contributed by atoms with E-state index in [4.69, 9.17) is 0 Å². The fourth-order valence-electron chi connectivity index (χ4n) is 7.83. The van der Waals surface area contributed by atoms with Crippen molar-refractivity contribution in [2.45, 2.75) is 89.9 Å². The van der Waals surface area contributed by atoms with Crippen molar-refractivity contribution in [3.05, 3.63) is 23.3 Å². The summed E-state index contributed by atoms with van der Waals surface area (Å²) in [7, 11) is 0. The second-order valence-electron chi connectivity index (χ2n) is 9.64. The minimum atomic E-state index is 0.949. The number of hydrogen-bond donors (Lipinski definition) is 0. The third-order valence-electron chi connectivity index (χ3n) is 8.63. The van der Waals surface area contributed by atoms with Gasteiger partial charge in [-0.3, -0.25) is 0 Å². The van der Waals surface area contributed by atoms with Gasteiger partial charge in [0.2, 0.25) is 0 Å². The zero-order valence-corrected chi connectivity index (χ0v) is 15.5. The molecule has 0 radical (unpaired) electrons. The van der Waals surface area contributed by atoms with Crippen LogP contribution in [0.15, 0.2) is 23.3 Å². The van der Waals surface area contributed by atoms with Crippen molar-refractivity contribution in [1.82, 2.24) is 0 Å². The van der Waals surface area contributed by atoms with Crippen molar-refractivity contribution in [1.29, 1.82) is 0 Å². The maximum Gasteiger partial charge on any atom is -0.0131 e. The van der Waals surface area contributed by atoms with Gasteiger partial charge >= 0.3 is 0 Å². The van der Waals surface area contributed by atoms with Crippen LogP contribution in [-0.4, -0.2) is 0 Å². The first-order valence-electron chi connectivity index (χ1n) is 11.3. The van der Waals surface area contributed by atoms with Gasteiger partial charge in [0.25, 0.3) is 0 Å². The number of allylic oxidation sites excluding steroid dienone is 4. The smallest absolute Gasteiger partial charge is 0.0131 e. The predicted octanol–water partition coefficient (Wildman–Crippen LogP) is 7.07. The Morgan fingerprint density at radius 2 is 1.04 bits per heavy atom. The van der Waals surface area contributed by atoms with E-state index in [-0.39, 0.29) is 0 Å². The minimum Gasteiger partial charge on any atom is -0.0769 e. The van der Waals surface area contributed by atoms with Crippen LogP contribution in [0.5, 0.6) is 0 Å². The van der Waals surface area contributed by atoms with Crippen LogP contribution in [-0.2, 0) is 0 Å². The Morgan fingerprint density at radius 1 is 0.542 bits per heavy atom. The molecule has 0 nitrogen and oxygen atoms in total. The van der Waals surface area contributed by atoms with Crippen LogP contribution in [0.2, 0.25) is 0 Å². The Kier molecular flexibility index (Phi) is 4.36. The molecular formula is C24H36. The zero-order chi connectivity index (χ0) is 15.9. The molecule has 24 heavy (non-hydrogen) atoms. The Bertz CT molecular complexity index is 480. The van der Waals surface area contributed by atoms with Gasteiger partial charge in [-0.05, 0) is 78.8 Å². The quantitative estimate of drug-likeness (QED) is 0.484. The first kappa shape index (κ1) is 15.7. The molecule has 132 valence electrons. The third kappa shape index (κ3) is 2.55. The highest BCUT2D eigenvalue weighted by Crippen LogP contribution is 2.59. The van der Waals surface area contributed by atoms with E-state index < -0.39 is 0 Å². The number of rotatable bonds is 1. The largest absolute Gasteiger partial charge is 0.0769 e. The molecule has 0 N–H and O–H groups in total. The highest BCUT2D eigenvalue weighted by atomic mass is 14.5. The van der Waals surface area contributed by atoms with Crippen molar-refractivity contribution < 1.29 is 0 Å². The molecule has 0 saturated heterocycles.